The third-order valence-corrected chi connectivity index (χ3v) is 4.37. The Kier molecular flexibility index (Phi) is 6.87. The highest BCUT2D eigenvalue weighted by Crippen LogP contribution is 2.25. The highest BCUT2D eigenvalue weighted by atomic mass is 16.5. The van der Waals surface area contributed by atoms with Gasteiger partial charge in [0, 0.05) is 37.2 Å². The summed E-state index contributed by atoms with van der Waals surface area (Å²) in [6.45, 7) is 5.70. The zero-order chi connectivity index (χ0) is 19.8. The van der Waals surface area contributed by atoms with Gasteiger partial charge in [0.25, 0.3) is 0 Å². The molecular weight excluding hydrogens is 350 g/mol. The standard InChI is InChI=1S/C23H25N3O2/c1-3-28-23(27)12-18-11-20(15-24-13-18)22-8-7-17(2)10-19(22)14-25-16-21-6-4-5-9-26-21/h4-11,13,15,25H,3,12,14,16H2,1-2H3. The Balaban J connectivity index is 1.77. The van der Waals surface area contributed by atoms with Crippen LogP contribution in [0.4, 0.5) is 0 Å². The normalized spacial score (nSPS) is 10.6. The minimum Gasteiger partial charge on any atom is -0.466 e. The predicted octanol–water partition coefficient (Wildman–Crippen LogP) is 3.85. The van der Waals surface area contributed by atoms with Crippen LogP contribution in [0.5, 0.6) is 0 Å². The molecule has 0 fully saturated rings. The molecule has 144 valence electrons. The lowest BCUT2D eigenvalue weighted by molar-refractivity contribution is -0.142. The Bertz CT molecular complexity index is 926. The van der Waals surface area contributed by atoms with Gasteiger partial charge in [-0.05, 0) is 48.7 Å². The number of aryl methyl sites for hydroxylation is 1. The largest absolute Gasteiger partial charge is 0.466 e. The van der Waals surface area contributed by atoms with E-state index in [1.807, 2.05) is 37.4 Å². The summed E-state index contributed by atoms with van der Waals surface area (Å²) in [6.07, 6.45) is 5.58. The Morgan fingerprint density at radius 2 is 2.00 bits per heavy atom. The quantitative estimate of drug-likeness (QED) is 0.606. The van der Waals surface area contributed by atoms with E-state index in [0.717, 1.165) is 28.9 Å². The number of carbonyl (C=O) groups excluding carboxylic acids is 1. The first kappa shape index (κ1) is 19.7. The summed E-state index contributed by atoms with van der Waals surface area (Å²) < 4.78 is 5.04. The molecule has 0 radical (unpaired) electrons. The van der Waals surface area contributed by atoms with Crippen molar-refractivity contribution < 1.29 is 9.53 Å². The number of hydrogen-bond donors (Lipinski definition) is 1. The van der Waals surface area contributed by atoms with Crippen LogP contribution < -0.4 is 5.32 Å². The molecule has 0 atom stereocenters. The number of nitrogens with zero attached hydrogens (tertiary/aromatic N) is 2. The Labute approximate surface area is 165 Å². The second-order valence-electron chi connectivity index (χ2n) is 6.65. The number of benzene rings is 1. The van der Waals surface area contributed by atoms with Crippen molar-refractivity contribution in [2.24, 2.45) is 0 Å². The highest BCUT2D eigenvalue weighted by Gasteiger charge is 2.10. The Morgan fingerprint density at radius 1 is 1.11 bits per heavy atom. The van der Waals surface area contributed by atoms with Crippen LogP contribution >= 0.6 is 0 Å². The van der Waals surface area contributed by atoms with Crippen molar-refractivity contribution in [1.82, 2.24) is 15.3 Å². The molecule has 0 saturated carbocycles. The lowest BCUT2D eigenvalue weighted by atomic mass is 9.97. The van der Waals surface area contributed by atoms with Gasteiger partial charge in [-0.15, -0.1) is 0 Å². The van der Waals surface area contributed by atoms with Gasteiger partial charge in [-0.3, -0.25) is 14.8 Å². The molecule has 0 amide bonds. The van der Waals surface area contributed by atoms with Gasteiger partial charge < -0.3 is 10.1 Å². The van der Waals surface area contributed by atoms with Gasteiger partial charge in [0.05, 0.1) is 18.7 Å². The minimum atomic E-state index is -0.234. The topological polar surface area (TPSA) is 64.1 Å². The number of rotatable bonds is 8. The fourth-order valence-corrected chi connectivity index (χ4v) is 3.09. The predicted molar refractivity (Wildman–Crippen MR) is 110 cm³/mol. The SMILES string of the molecule is CCOC(=O)Cc1cncc(-c2ccc(C)cc2CNCc2ccccn2)c1. The van der Waals surface area contributed by atoms with Crippen molar-refractivity contribution in [3.8, 4) is 11.1 Å². The molecule has 0 spiro atoms. The van der Waals surface area contributed by atoms with E-state index in [-0.39, 0.29) is 12.4 Å². The van der Waals surface area contributed by atoms with E-state index in [9.17, 15) is 4.79 Å². The maximum Gasteiger partial charge on any atom is 0.310 e. The van der Waals surface area contributed by atoms with Gasteiger partial charge in [0.15, 0.2) is 0 Å². The molecule has 3 rings (SSSR count). The van der Waals surface area contributed by atoms with Crippen molar-refractivity contribution in [2.45, 2.75) is 33.4 Å². The van der Waals surface area contributed by atoms with E-state index in [1.165, 1.54) is 11.1 Å². The van der Waals surface area contributed by atoms with Crippen LogP contribution in [-0.2, 0) is 29.0 Å². The smallest absolute Gasteiger partial charge is 0.310 e. The second kappa shape index (κ2) is 9.76. The van der Waals surface area contributed by atoms with Crippen molar-refractivity contribution in [2.75, 3.05) is 6.61 Å². The maximum absolute atomic E-state index is 11.8. The molecule has 2 aromatic heterocycles. The van der Waals surface area contributed by atoms with Crippen molar-refractivity contribution in [3.63, 3.8) is 0 Å². The summed E-state index contributed by atoms with van der Waals surface area (Å²) in [6, 6.07) is 14.3. The van der Waals surface area contributed by atoms with E-state index in [0.29, 0.717) is 13.2 Å². The first-order chi connectivity index (χ1) is 13.7. The van der Waals surface area contributed by atoms with Gasteiger partial charge >= 0.3 is 5.97 Å². The summed E-state index contributed by atoms with van der Waals surface area (Å²) in [4.78, 5) is 20.5. The highest BCUT2D eigenvalue weighted by molar-refractivity contribution is 5.74. The average Bonchev–Trinajstić information content (AvgIpc) is 2.69. The van der Waals surface area contributed by atoms with Gasteiger partial charge in [-0.1, -0.05) is 29.8 Å². The molecule has 0 bridgehead atoms. The summed E-state index contributed by atoms with van der Waals surface area (Å²) >= 11 is 0. The van der Waals surface area contributed by atoms with Gasteiger partial charge in [0.2, 0.25) is 0 Å². The first-order valence-corrected chi connectivity index (χ1v) is 9.45. The number of nitrogens with one attached hydrogen (secondary N) is 1. The molecule has 1 N–H and O–H groups in total. The molecule has 0 aliphatic carbocycles. The van der Waals surface area contributed by atoms with Crippen LogP contribution in [0.25, 0.3) is 11.1 Å². The number of esters is 1. The Morgan fingerprint density at radius 3 is 2.79 bits per heavy atom. The summed E-state index contributed by atoms with van der Waals surface area (Å²) in [5.41, 5.74) is 6.35. The van der Waals surface area contributed by atoms with Crippen LogP contribution in [0.2, 0.25) is 0 Å². The zero-order valence-corrected chi connectivity index (χ0v) is 16.3. The number of pyridine rings is 2. The molecular formula is C23H25N3O2. The molecule has 0 aliphatic rings. The molecule has 0 saturated heterocycles. The van der Waals surface area contributed by atoms with Gasteiger partial charge in [-0.2, -0.15) is 0 Å². The van der Waals surface area contributed by atoms with Crippen LogP contribution in [0.1, 0.15) is 29.3 Å². The molecule has 5 nitrogen and oxygen atoms in total. The van der Waals surface area contributed by atoms with Gasteiger partial charge in [-0.25, -0.2) is 0 Å². The third-order valence-electron chi connectivity index (χ3n) is 4.37. The van der Waals surface area contributed by atoms with Crippen molar-refractivity contribution >= 4 is 5.97 Å². The number of ether oxygens (including phenoxy) is 1. The summed E-state index contributed by atoms with van der Waals surface area (Å²) in [5, 5.41) is 3.46. The molecule has 5 heteroatoms. The van der Waals surface area contributed by atoms with Crippen LogP contribution in [0, 0.1) is 6.92 Å². The molecule has 2 heterocycles. The summed E-state index contributed by atoms with van der Waals surface area (Å²) in [7, 11) is 0. The fourth-order valence-electron chi connectivity index (χ4n) is 3.09. The zero-order valence-electron chi connectivity index (χ0n) is 16.3. The molecule has 28 heavy (non-hydrogen) atoms. The summed E-state index contributed by atoms with van der Waals surface area (Å²) in [5.74, 6) is -0.234. The van der Waals surface area contributed by atoms with Crippen LogP contribution in [0.15, 0.2) is 61.1 Å². The molecule has 1 aromatic carbocycles. The van der Waals surface area contributed by atoms with E-state index in [2.05, 4.69) is 40.4 Å². The number of hydrogen-bond acceptors (Lipinski definition) is 5. The number of carbonyl (C=O) groups is 1. The lowest BCUT2D eigenvalue weighted by Gasteiger charge is -2.13. The second-order valence-corrected chi connectivity index (χ2v) is 6.65. The van der Waals surface area contributed by atoms with E-state index in [4.69, 9.17) is 4.74 Å². The van der Waals surface area contributed by atoms with E-state index < -0.39 is 0 Å². The van der Waals surface area contributed by atoms with Crippen LogP contribution in [-0.4, -0.2) is 22.5 Å². The molecule has 0 unspecified atom stereocenters. The van der Waals surface area contributed by atoms with Crippen molar-refractivity contribution in [1.29, 1.82) is 0 Å². The first-order valence-electron chi connectivity index (χ1n) is 9.45. The average molecular weight is 375 g/mol. The monoisotopic (exact) mass is 375 g/mol. The maximum atomic E-state index is 11.8. The van der Waals surface area contributed by atoms with E-state index in [1.54, 1.807) is 12.4 Å². The Hall–Kier alpha value is -3.05. The fraction of sp³-hybridized carbons (Fsp3) is 0.261. The minimum absolute atomic E-state index is 0.230. The molecule has 0 aliphatic heterocycles. The number of aromatic nitrogens is 2. The van der Waals surface area contributed by atoms with Crippen molar-refractivity contribution in [3.05, 3.63) is 83.4 Å². The van der Waals surface area contributed by atoms with Crippen LogP contribution in [0.3, 0.4) is 0 Å². The lowest BCUT2D eigenvalue weighted by Crippen LogP contribution is -2.14. The van der Waals surface area contributed by atoms with E-state index >= 15 is 0 Å². The van der Waals surface area contributed by atoms with Gasteiger partial charge in [0.1, 0.15) is 0 Å². The third kappa shape index (κ3) is 5.47. The molecule has 3 aromatic rings.